The molecule has 0 saturated carbocycles. The summed E-state index contributed by atoms with van der Waals surface area (Å²) in [6.07, 6.45) is 2.08. The fourth-order valence-electron chi connectivity index (χ4n) is 1.45. The van der Waals surface area contributed by atoms with E-state index in [1.807, 2.05) is 13.8 Å². The molecule has 6 nitrogen and oxygen atoms in total. The lowest BCUT2D eigenvalue weighted by molar-refractivity contribution is -0.137. The van der Waals surface area contributed by atoms with Gasteiger partial charge in [-0.1, -0.05) is 6.92 Å². The fraction of sp³-hybridized carbons (Fsp3) is 0.846. The first-order chi connectivity index (χ1) is 8.91. The van der Waals surface area contributed by atoms with Gasteiger partial charge in [-0.15, -0.1) is 0 Å². The van der Waals surface area contributed by atoms with E-state index in [1.54, 1.807) is 6.92 Å². The average molecular weight is 274 g/mol. The zero-order chi connectivity index (χ0) is 14.7. The fourth-order valence-corrected chi connectivity index (χ4v) is 1.45. The first-order valence-corrected chi connectivity index (χ1v) is 6.77. The van der Waals surface area contributed by atoms with E-state index in [0.29, 0.717) is 19.7 Å². The molecule has 0 bridgehead atoms. The molecule has 112 valence electrons. The predicted molar refractivity (Wildman–Crippen MR) is 73.1 cm³/mol. The summed E-state index contributed by atoms with van der Waals surface area (Å²) in [7, 11) is 0. The smallest absolute Gasteiger partial charge is 0.314 e. The van der Waals surface area contributed by atoms with Gasteiger partial charge < -0.3 is 20.5 Å². The van der Waals surface area contributed by atoms with Crippen molar-refractivity contribution in [3.63, 3.8) is 0 Å². The summed E-state index contributed by atoms with van der Waals surface area (Å²) >= 11 is 0. The lowest BCUT2D eigenvalue weighted by Gasteiger charge is -2.11. The summed E-state index contributed by atoms with van der Waals surface area (Å²) in [4.78, 5) is 21.8. The van der Waals surface area contributed by atoms with E-state index in [2.05, 4.69) is 10.6 Å². The molecule has 0 spiro atoms. The number of carbonyl (C=O) groups excluding carboxylic acids is 1. The molecule has 3 N–H and O–H groups in total. The lowest BCUT2D eigenvalue weighted by Crippen LogP contribution is -2.38. The highest BCUT2D eigenvalue weighted by Gasteiger charge is 2.08. The molecule has 0 fully saturated rings. The average Bonchev–Trinajstić information content (AvgIpc) is 2.29. The summed E-state index contributed by atoms with van der Waals surface area (Å²) in [6.45, 7) is 7.44. The van der Waals surface area contributed by atoms with Gasteiger partial charge in [-0.2, -0.15) is 0 Å². The Morgan fingerprint density at radius 3 is 2.42 bits per heavy atom. The van der Waals surface area contributed by atoms with Gasteiger partial charge in [0.2, 0.25) is 0 Å². The number of carboxylic acids is 1. The van der Waals surface area contributed by atoms with E-state index >= 15 is 0 Å². The third-order valence-corrected chi connectivity index (χ3v) is 2.44. The van der Waals surface area contributed by atoms with Crippen LogP contribution in [-0.4, -0.2) is 42.9 Å². The number of hydrogen-bond acceptors (Lipinski definition) is 3. The van der Waals surface area contributed by atoms with Gasteiger partial charge in [-0.25, -0.2) is 4.79 Å². The van der Waals surface area contributed by atoms with Crippen LogP contribution in [0.15, 0.2) is 0 Å². The molecule has 0 aliphatic heterocycles. The standard InChI is InChI=1S/C13H26N2O4/c1-10(2)19-7-5-4-6-14-13(18)15-9-11(3)8-12(16)17/h10-11H,4-9H2,1-3H3,(H,16,17)(H2,14,15,18). The zero-order valence-corrected chi connectivity index (χ0v) is 12.1. The molecule has 6 heteroatoms. The monoisotopic (exact) mass is 274 g/mol. The van der Waals surface area contributed by atoms with Gasteiger partial charge in [0, 0.05) is 26.1 Å². The van der Waals surface area contributed by atoms with Crippen LogP contribution in [0.4, 0.5) is 4.79 Å². The number of aliphatic carboxylic acids is 1. The number of rotatable bonds is 10. The zero-order valence-electron chi connectivity index (χ0n) is 12.1. The number of urea groups is 1. The summed E-state index contributed by atoms with van der Waals surface area (Å²) < 4.78 is 5.38. The van der Waals surface area contributed by atoms with Crippen LogP contribution in [0.3, 0.4) is 0 Å². The molecule has 1 unspecified atom stereocenters. The van der Waals surface area contributed by atoms with Crippen LogP contribution < -0.4 is 10.6 Å². The van der Waals surface area contributed by atoms with E-state index < -0.39 is 5.97 Å². The number of carboxylic acid groups (broad SMARTS) is 1. The number of nitrogens with one attached hydrogen (secondary N) is 2. The van der Waals surface area contributed by atoms with Gasteiger partial charge in [0.05, 0.1) is 6.10 Å². The quantitative estimate of drug-likeness (QED) is 0.528. The van der Waals surface area contributed by atoms with Crippen molar-refractivity contribution in [3.8, 4) is 0 Å². The second-order valence-electron chi connectivity index (χ2n) is 4.97. The Morgan fingerprint density at radius 1 is 1.16 bits per heavy atom. The van der Waals surface area contributed by atoms with Crippen LogP contribution in [0.2, 0.25) is 0 Å². The maximum atomic E-state index is 11.4. The number of ether oxygens (including phenoxy) is 1. The Labute approximate surface area is 114 Å². The maximum absolute atomic E-state index is 11.4. The summed E-state index contributed by atoms with van der Waals surface area (Å²) in [6, 6.07) is -0.248. The van der Waals surface area contributed by atoms with Crippen LogP contribution in [-0.2, 0) is 9.53 Å². The lowest BCUT2D eigenvalue weighted by atomic mass is 10.1. The van der Waals surface area contributed by atoms with E-state index in [1.165, 1.54) is 0 Å². The topological polar surface area (TPSA) is 87.7 Å². The minimum atomic E-state index is -0.847. The Hall–Kier alpha value is -1.30. The van der Waals surface area contributed by atoms with Crippen molar-refractivity contribution in [2.75, 3.05) is 19.7 Å². The summed E-state index contributed by atoms with van der Waals surface area (Å²) in [5.41, 5.74) is 0. The van der Waals surface area contributed by atoms with Gasteiger partial charge in [-0.3, -0.25) is 4.79 Å². The Kier molecular flexibility index (Phi) is 9.88. The molecule has 1 atom stereocenters. The van der Waals surface area contributed by atoms with Gasteiger partial charge in [0.15, 0.2) is 0 Å². The van der Waals surface area contributed by atoms with E-state index in [9.17, 15) is 9.59 Å². The van der Waals surface area contributed by atoms with E-state index in [4.69, 9.17) is 9.84 Å². The Morgan fingerprint density at radius 2 is 1.84 bits per heavy atom. The number of hydrogen-bond donors (Lipinski definition) is 3. The largest absolute Gasteiger partial charge is 0.481 e. The Balaban J connectivity index is 3.42. The molecule has 0 saturated heterocycles. The van der Waals surface area contributed by atoms with Crippen molar-refractivity contribution in [2.45, 2.75) is 46.1 Å². The first-order valence-electron chi connectivity index (χ1n) is 6.77. The second-order valence-corrected chi connectivity index (χ2v) is 4.97. The van der Waals surface area contributed by atoms with Crippen molar-refractivity contribution in [3.05, 3.63) is 0 Å². The number of carbonyl (C=O) groups is 2. The van der Waals surface area contributed by atoms with E-state index in [-0.39, 0.29) is 24.5 Å². The van der Waals surface area contributed by atoms with Crippen molar-refractivity contribution < 1.29 is 19.4 Å². The van der Waals surface area contributed by atoms with Gasteiger partial charge in [0.1, 0.15) is 0 Å². The normalized spacial score (nSPS) is 12.2. The van der Waals surface area contributed by atoms with Crippen molar-refractivity contribution >= 4 is 12.0 Å². The molecular formula is C13H26N2O4. The molecule has 0 aromatic rings. The highest BCUT2D eigenvalue weighted by Crippen LogP contribution is 1.99. The van der Waals surface area contributed by atoms with Crippen LogP contribution in [0, 0.1) is 5.92 Å². The van der Waals surface area contributed by atoms with Crippen LogP contribution in [0.1, 0.15) is 40.0 Å². The predicted octanol–water partition coefficient (Wildman–Crippen LogP) is 1.60. The molecule has 0 heterocycles. The summed E-state index contributed by atoms with van der Waals surface area (Å²) in [5.74, 6) is -0.914. The highest BCUT2D eigenvalue weighted by atomic mass is 16.5. The van der Waals surface area contributed by atoms with Crippen LogP contribution in [0.25, 0.3) is 0 Å². The van der Waals surface area contributed by atoms with Gasteiger partial charge >= 0.3 is 12.0 Å². The van der Waals surface area contributed by atoms with Crippen molar-refractivity contribution in [1.82, 2.24) is 10.6 Å². The Bertz CT molecular complexity index is 269. The first kappa shape index (κ1) is 17.7. The molecule has 0 aliphatic rings. The molecule has 2 amide bonds. The maximum Gasteiger partial charge on any atom is 0.314 e. The second kappa shape index (κ2) is 10.6. The van der Waals surface area contributed by atoms with Crippen molar-refractivity contribution in [1.29, 1.82) is 0 Å². The molecule has 0 radical (unpaired) electrons. The highest BCUT2D eigenvalue weighted by molar-refractivity contribution is 5.73. The van der Waals surface area contributed by atoms with Crippen molar-refractivity contribution in [2.24, 2.45) is 5.92 Å². The third kappa shape index (κ3) is 12.9. The molecule has 19 heavy (non-hydrogen) atoms. The van der Waals surface area contributed by atoms with Crippen LogP contribution in [0.5, 0.6) is 0 Å². The van der Waals surface area contributed by atoms with Gasteiger partial charge in [-0.05, 0) is 32.6 Å². The minimum Gasteiger partial charge on any atom is -0.481 e. The van der Waals surface area contributed by atoms with Gasteiger partial charge in [0.25, 0.3) is 0 Å². The third-order valence-electron chi connectivity index (χ3n) is 2.44. The van der Waals surface area contributed by atoms with E-state index in [0.717, 1.165) is 12.8 Å². The van der Waals surface area contributed by atoms with Crippen LogP contribution >= 0.6 is 0 Å². The summed E-state index contributed by atoms with van der Waals surface area (Å²) in [5, 5.41) is 14.0. The molecule has 0 aliphatic carbocycles. The minimum absolute atomic E-state index is 0.0623. The molecule has 0 aromatic carbocycles. The molecule has 0 aromatic heterocycles. The SMILES string of the molecule is CC(CNC(=O)NCCCCOC(C)C)CC(=O)O. The number of unbranched alkanes of at least 4 members (excludes halogenated alkanes) is 1. The number of amides is 2. The molecule has 0 rings (SSSR count). The molecular weight excluding hydrogens is 248 g/mol.